The molecule has 1 fully saturated rings. The summed E-state index contributed by atoms with van der Waals surface area (Å²) in [5.41, 5.74) is 0.850. The van der Waals surface area contributed by atoms with Crippen molar-refractivity contribution in [2.45, 2.75) is 51.8 Å². The number of hydrogen-bond donors (Lipinski definition) is 2. The Labute approximate surface area is 127 Å². The average molecular weight is 290 g/mol. The van der Waals surface area contributed by atoms with Crippen LogP contribution in [0, 0.1) is 5.92 Å². The number of nitrogens with one attached hydrogen (secondary N) is 2. The van der Waals surface area contributed by atoms with E-state index in [1.807, 2.05) is 39.0 Å². The fourth-order valence-corrected chi connectivity index (χ4v) is 2.46. The van der Waals surface area contributed by atoms with Crippen LogP contribution >= 0.6 is 0 Å². The first-order valence-corrected chi connectivity index (χ1v) is 7.68. The minimum absolute atomic E-state index is 0.239. The van der Waals surface area contributed by atoms with Gasteiger partial charge in [0.2, 0.25) is 0 Å². The van der Waals surface area contributed by atoms with Crippen LogP contribution in [-0.2, 0) is 11.3 Å². The molecule has 21 heavy (non-hydrogen) atoms. The maximum Gasteiger partial charge on any atom is 0.407 e. The van der Waals surface area contributed by atoms with Crippen LogP contribution in [0.25, 0.3) is 0 Å². The van der Waals surface area contributed by atoms with Gasteiger partial charge in [-0.1, -0.05) is 30.3 Å². The molecule has 116 valence electrons. The summed E-state index contributed by atoms with van der Waals surface area (Å²) in [6.07, 6.45) is 1.89. The van der Waals surface area contributed by atoms with E-state index in [9.17, 15) is 4.79 Å². The lowest BCUT2D eigenvalue weighted by Gasteiger charge is -2.37. The molecular formula is C17H26N2O2. The van der Waals surface area contributed by atoms with Crippen LogP contribution in [0.2, 0.25) is 0 Å². The van der Waals surface area contributed by atoms with Crippen LogP contribution in [0.1, 0.15) is 39.2 Å². The van der Waals surface area contributed by atoms with E-state index in [-0.39, 0.29) is 12.1 Å². The molecule has 0 aliphatic heterocycles. The van der Waals surface area contributed by atoms with Gasteiger partial charge in [0.1, 0.15) is 5.60 Å². The zero-order chi connectivity index (χ0) is 15.3. The van der Waals surface area contributed by atoms with Crippen molar-refractivity contribution in [1.82, 2.24) is 10.6 Å². The molecule has 1 aliphatic rings. The van der Waals surface area contributed by atoms with Gasteiger partial charge in [-0.25, -0.2) is 4.79 Å². The van der Waals surface area contributed by atoms with E-state index in [4.69, 9.17) is 4.74 Å². The fraction of sp³-hybridized carbons (Fsp3) is 0.588. The highest BCUT2D eigenvalue weighted by Gasteiger charge is 2.32. The molecule has 1 aliphatic carbocycles. The lowest BCUT2D eigenvalue weighted by Crippen LogP contribution is -2.51. The van der Waals surface area contributed by atoms with E-state index in [0.717, 1.165) is 25.9 Å². The second-order valence-corrected chi connectivity index (χ2v) is 6.71. The predicted octanol–water partition coefficient (Wildman–Crippen LogP) is 3.08. The normalized spacial score (nSPS) is 21.5. The maximum absolute atomic E-state index is 11.7. The highest BCUT2D eigenvalue weighted by molar-refractivity contribution is 5.68. The van der Waals surface area contributed by atoms with Crippen LogP contribution in [0.3, 0.4) is 0 Å². The lowest BCUT2D eigenvalue weighted by atomic mass is 9.79. The van der Waals surface area contributed by atoms with E-state index in [1.54, 1.807) is 0 Å². The Kier molecular flexibility index (Phi) is 5.23. The molecule has 2 atom stereocenters. The highest BCUT2D eigenvalue weighted by Crippen LogP contribution is 2.27. The van der Waals surface area contributed by atoms with Crippen molar-refractivity contribution >= 4 is 6.09 Å². The molecule has 1 aromatic carbocycles. The van der Waals surface area contributed by atoms with Crippen LogP contribution in [0.15, 0.2) is 30.3 Å². The average Bonchev–Trinajstić information content (AvgIpc) is 2.39. The Morgan fingerprint density at radius 1 is 1.24 bits per heavy atom. The first-order chi connectivity index (χ1) is 9.94. The first-order valence-electron chi connectivity index (χ1n) is 7.68. The third-order valence-corrected chi connectivity index (χ3v) is 3.70. The molecule has 2 N–H and O–H groups in total. The van der Waals surface area contributed by atoms with E-state index >= 15 is 0 Å². The first kappa shape index (κ1) is 15.8. The second kappa shape index (κ2) is 6.94. The largest absolute Gasteiger partial charge is 0.444 e. The van der Waals surface area contributed by atoms with Gasteiger partial charge in [-0.2, -0.15) is 0 Å². The van der Waals surface area contributed by atoms with Crippen molar-refractivity contribution in [2.75, 3.05) is 6.54 Å². The zero-order valence-electron chi connectivity index (χ0n) is 13.2. The number of carbonyl (C=O) groups is 1. The van der Waals surface area contributed by atoms with Gasteiger partial charge in [-0.05, 0) is 45.1 Å². The minimum atomic E-state index is -0.436. The SMILES string of the molecule is CC(C)(C)OC(=O)N[C@H]1CC[C@@H]1CNCc1ccccc1. The van der Waals surface area contributed by atoms with Gasteiger partial charge in [0.15, 0.2) is 0 Å². The molecule has 1 saturated carbocycles. The van der Waals surface area contributed by atoms with Crippen molar-refractivity contribution in [1.29, 1.82) is 0 Å². The van der Waals surface area contributed by atoms with Crippen LogP contribution < -0.4 is 10.6 Å². The van der Waals surface area contributed by atoms with Crippen LogP contribution in [0.5, 0.6) is 0 Å². The van der Waals surface area contributed by atoms with Gasteiger partial charge >= 0.3 is 6.09 Å². The summed E-state index contributed by atoms with van der Waals surface area (Å²) in [6.45, 7) is 7.44. The van der Waals surface area contributed by atoms with Crippen molar-refractivity contribution in [2.24, 2.45) is 5.92 Å². The third kappa shape index (κ3) is 5.38. The third-order valence-electron chi connectivity index (χ3n) is 3.70. The number of hydrogen-bond acceptors (Lipinski definition) is 3. The molecule has 0 bridgehead atoms. The molecule has 0 saturated heterocycles. The number of benzene rings is 1. The monoisotopic (exact) mass is 290 g/mol. The van der Waals surface area contributed by atoms with Crippen LogP contribution in [-0.4, -0.2) is 24.3 Å². The van der Waals surface area contributed by atoms with Gasteiger partial charge < -0.3 is 15.4 Å². The molecule has 4 nitrogen and oxygen atoms in total. The topological polar surface area (TPSA) is 50.4 Å². The highest BCUT2D eigenvalue weighted by atomic mass is 16.6. The molecule has 1 amide bonds. The van der Waals surface area contributed by atoms with Gasteiger partial charge in [0.05, 0.1) is 0 Å². The fourth-order valence-electron chi connectivity index (χ4n) is 2.46. The summed E-state index contributed by atoms with van der Waals surface area (Å²) in [5, 5.41) is 6.43. The Balaban J connectivity index is 1.67. The Morgan fingerprint density at radius 2 is 1.95 bits per heavy atom. The van der Waals surface area contributed by atoms with E-state index < -0.39 is 5.60 Å². The summed E-state index contributed by atoms with van der Waals surface area (Å²) in [4.78, 5) is 11.7. The number of ether oxygens (including phenoxy) is 1. The van der Waals surface area contributed by atoms with Crippen molar-refractivity contribution in [3.63, 3.8) is 0 Å². The van der Waals surface area contributed by atoms with Gasteiger partial charge in [0.25, 0.3) is 0 Å². The molecule has 0 radical (unpaired) electrons. The molecule has 2 rings (SSSR count). The lowest BCUT2D eigenvalue weighted by molar-refractivity contribution is 0.0436. The molecule has 4 heteroatoms. The molecular weight excluding hydrogens is 264 g/mol. The van der Waals surface area contributed by atoms with Gasteiger partial charge in [0, 0.05) is 19.1 Å². The number of carbonyl (C=O) groups excluding carboxylic acids is 1. The quantitative estimate of drug-likeness (QED) is 0.876. The van der Waals surface area contributed by atoms with E-state index in [0.29, 0.717) is 5.92 Å². The number of alkyl carbamates (subject to hydrolysis) is 1. The smallest absolute Gasteiger partial charge is 0.407 e. The number of amides is 1. The molecule has 0 heterocycles. The summed E-state index contributed by atoms with van der Waals surface area (Å²) in [5.74, 6) is 0.501. The summed E-state index contributed by atoms with van der Waals surface area (Å²) in [7, 11) is 0. The predicted molar refractivity (Wildman–Crippen MR) is 84.0 cm³/mol. The van der Waals surface area contributed by atoms with Crippen molar-refractivity contribution in [3.05, 3.63) is 35.9 Å². The molecule has 0 spiro atoms. The van der Waals surface area contributed by atoms with Gasteiger partial charge in [-0.15, -0.1) is 0 Å². The number of rotatable bonds is 5. The Bertz CT molecular complexity index is 454. The molecule has 0 aromatic heterocycles. The van der Waals surface area contributed by atoms with E-state index in [1.165, 1.54) is 5.56 Å². The minimum Gasteiger partial charge on any atom is -0.444 e. The summed E-state index contributed by atoms with van der Waals surface area (Å²) >= 11 is 0. The van der Waals surface area contributed by atoms with Gasteiger partial charge in [-0.3, -0.25) is 0 Å². The van der Waals surface area contributed by atoms with Crippen LogP contribution in [0.4, 0.5) is 4.79 Å². The summed E-state index contributed by atoms with van der Waals surface area (Å²) in [6, 6.07) is 10.6. The summed E-state index contributed by atoms with van der Waals surface area (Å²) < 4.78 is 5.30. The molecule has 1 aromatic rings. The van der Waals surface area contributed by atoms with E-state index in [2.05, 4.69) is 22.8 Å². The standard InChI is InChI=1S/C17H26N2O2/c1-17(2,3)21-16(20)19-15-10-9-14(15)12-18-11-13-7-5-4-6-8-13/h4-8,14-15,18H,9-12H2,1-3H3,(H,19,20)/t14-,15+/m1/s1. The van der Waals surface area contributed by atoms with Crippen molar-refractivity contribution < 1.29 is 9.53 Å². The maximum atomic E-state index is 11.7. The Hall–Kier alpha value is -1.55. The second-order valence-electron chi connectivity index (χ2n) is 6.71. The van der Waals surface area contributed by atoms with Crippen molar-refractivity contribution in [3.8, 4) is 0 Å². The zero-order valence-corrected chi connectivity index (χ0v) is 13.2. The Morgan fingerprint density at radius 3 is 2.52 bits per heavy atom. The molecule has 0 unspecified atom stereocenters.